The van der Waals surface area contributed by atoms with Gasteiger partial charge in [0.1, 0.15) is 0 Å². The molecule has 1 aliphatic carbocycles. The molecule has 0 saturated carbocycles. The second kappa shape index (κ2) is 7.03. The van der Waals surface area contributed by atoms with Crippen LogP contribution < -0.4 is 0 Å². The molecule has 0 aliphatic heterocycles. The van der Waals surface area contributed by atoms with E-state index in [2.05, 4.69) is 87.8 Å². The van der Waals surface area contributed by atoms with E-state index < -0.39 is 16.1 Å². The van der Waals surface area contributed by atoms with Gasteiger partial charge < -0.3 is 0 Å². The Hall–Kier alpha value is -2.37. The molecule has 1 aromatic carbocycles. The lowest BCUT2D eigenvalue weighted by atomic mass is 10.0. The molecule has 1 aliphatic rings. The van der Waals surface area contributed by atoms with Gasteiger partial charge in [0.25, 0.3) is 0 Å². The molecule has 1 aromatic rings. The van der Waals surface area contributed by atoms with E-state index in [1.165, 1.54) is 10.4 Å². The van der Waals surface area contributed by atoms with Crippen LogP contribution in [0.5, 0.6) is 0 Å². The molecule has 2 rings (SSSR count). The number of fused-ring (bicyclic) bond motifs is 1. The van der Waals surface area contributed by atoms with Crippen molar-refractivity contribution in [2.45, 2.75) is 39.3 Å². The van der Waals surface area contributed by atoms with Gasteiger partial charge in [-0.2, -0.15) is 0 Å². The molecule has 0 fully saturated rings. The van der Waals surface area contributed by atoms with Crippen LogP contribution in [0.3, 0.4) is 0 Å². The highest BCUT2D eigenvalue weighted by atomic mass is 28.3. The van der Waals surface area contributed by atoms with Gasteiger partial charge in [0.05, 0.1) is 16.1 Å². The van der Waals surface area contributed by atoms with Crippen molar-refractivity contribution in [3.8, 4) is 0 Å². The molecule has 0 aromatic heterocycles. The molecule has 0 N–H and O–H groups in total. The van der Waals surface area contributed by atoms with E-state index in [-0.39, 0.29) is 0 Å². The normalized spacial score (nSPS) is 11.9. The van der Waals surface area contributed by atoms with Crippen molar-refractivity contribution >= 4 is 26.5 Å². The van der Waals surface area contributed by atoms with Crippen molar-refractivity contribution in [2.24, 2.45) is 0 Å². The van der Waals surface area contributed by atoms with Crippen LogP contribution in [0, 0.1) is 48.5 Å². The van der Waals surface area contributed by atoms with E-state index in [9.17, 15) is 0 Å². The minimum Gasteiger partial charge on any atom is -0.0689 e. The predicted octanol–water partition coefficient (Wildman–Crippen LogP) is 5.32. The minimum absolute atomic E-state index is 1.16. The molecular formula is C22H22Si2. The maximum atomic E-state index is 3.34. The Morgan fingerprint density at radius 3 is 1.21 bits per heavy atom. The number of rotatable bonds is 2. The summed E-state index contributed by atoms with van der Waals surface area (Å²) in [5.74, 6) is 0. The summed E-state index contributed by atoms with van der Waals surface area (Å²) in [6.07, 6.45) is 0. The zero-order valence-electron chi connectivity index (χ0n) is 15.3. The molecule has 24 heavy (non-hydrogen) atoms. The Labute approximate surface area is 150 Å². The minimum atomic E-state index is -1.47. The first-order valence-electron chi connectivity index (χ1n) is 8.07. The van der Waals surface area contributed by atoms with Gasteiger partial charge in [0.15, 0.2) is 0 Å². The summed E-state index contributed by atoms with van der Waals surface area (Å²) in [6.45, 7) is 14.4. The molecule has 0 atom stereocenters. The second-order valence-corrected chi connectivity index (χ2v) is 17.7. The predicted molar refractivity (Wildman–Crippen MR) is 106 cm³/mol. The van der Waals surface area contributed by atoms with Gasteiger partial charge in [-0.15, -0.1) is 0 Å². The van der Waals surface area contributed by atoms with Crippen LogP contribution in [-0.4, -0.2) is 16.1 Å². The lowest BCUT2D eigenvalue weighted by molar-refractivity contribution is 1.54. The van der Waals surface area contributed by atoms with Gasteiger partial charge in [-0.25, -0.2) is 0 Å². The van der Waals surface area contributed by atoms with Gasteiger partial charge in [0, 0.05) is 11.1 Å². The molecule has 0 heterocycles. The highest BCUT2D eigenvalue weighted by Crippen LogP contribution is 2.47. The summed E-state index contributed by atoms with van der Waals surface area (Å²) in [7, 11) is -2.94. The van der Waals surface area contributed by atoms with E-state index in [1.54, 1.807) is 24.3 Å². The summed E-state index contributed by atoms with van der Waals surface area (Å²) in [6, 6.07) is 31.3. The standard InChI is InChI=1S/C22H22Si2/c1-23(2,3)21-19-17-15-13-11-9-7-8-10-12-14-16-18-20(19)22(21)24(4,5)6/h11-14H,1-6H3. The largest absolute Gasteiger partial charge is 0.0792 e. The van der Waals surface area contributed by atoms with E-state index in [0.29, 0.717) is 0 Å². The fourth-order valence-electron chi connectivity index (χ4n) is 2.74. The highest BCUT2D eigenvalue weighted by molar-refractivity contribution is 7.06. The third-order valence-corrected chi connectivity index (χ3v) is 7.85. The van der Waals surface area contributed by atoms with Crippen LogP contribution in [0.2, 0.25) is 39.3 Å². The summed E-state index contributed by atoms with van der Waals surface area (Å²) in [5, 5.41) is 3.04. The molecule has 0 amide bonds. The Bertz CT molecular complexity index is 680. The van der Waals surface area contributed by atoms with Crippen LogP contribution in [-0.2, 0) is 0 Å². The van der Waals surface area contributed by atoms with Gasteiger partial charge in [-0.3, -0.25) is 0 Å². The average molecular weight is 343 g/mol. The smallest absolute Gasteiger partial charge is 0.0689 e. The Kier molecular flexibility index (Phi) is 5.27. The molecule has 0 radical (unpaired) electrons. The topological polar surface area (TPSA) is 0 Å². The summed E-state index contributed by atoms with van der Waals surface area (Å²) < 4.78 is 0. The van der Waals surface area contributed by atoms with Gasteiger partial charge in [-0.1, -0.05) is 75.7 Å². The third-order valence-electron chi connectivity index (χ3n) is 3.60. The second-order valence-electron chi connectivity index (χ2n) is 7.74. The van der Waals surface area contributed by atoms with E-state index in [1.807, 2.05) is 0 Å². The van der Waals surface area contributed by atoms with Crippen LogP contribution >= 0.6 is 0 Å². The van der Waals surface area contributed by atoms with Crippen molar-refractivity contribution < 1.29 is 0 Å². The van der Waals surface area contributed by atoms with Crippen LogP contribution in [0.4, 0.5) is 0 Å². The van der Waals surface area contributed by atoms with Crippen molar-refractivity contribution in [3.05, 3.63) is 83.9 Å². The highest BCUT2D eigenvalue weighted by Gasteiger charge is 2.40. The SMILES string of the molecule is C[Si](C)(C)C1=C([Si](C)(C)C)c2c#cccc#cc#cccc#cc21. The third kappa shape index (κ3) is 4.13. The quantitative estimate of drug-likeness (QED) is 0.638. The van der Waals surface area contributed by atoms with E-state index in [0.717, 1.165) is 11.1 Å². The van der Waals surface area contributed by atoms with Crippen molar-refractivity contribution in [3.63, 3.8) is 0 Å². The van der Waals surface area contributed by atoms with E-state index >= 15 is 0 Å². The van der Waals surface area contributed by atoms with Crippen LogP contribution in [0.15, 0.2) is 24.3 Å². The van der Waals surface area contributed by atoms with Crippen molar-refractivity contribution in [2.75, 3.05) is 0 Å². The molecule has 2 heteroatoms. The maximum absolute atomic E-state index is 3.34. The number of hydrogen-bond acceptors (Lipinski definition) is 0. The van der Waals surface area contributed by atoms with Gasteiger partial charge >= 0.3 is 0 Å². The first kappa shape index (κ1) is 18.0. The Morgan fingerprint density at radius 2 is 0.875 bits per heavy atom. The zero-order chi connectivity index (χ0) is 17.8. The fourth-order valence-corrected chi connectivity index (χ4v) is 8.61. The summed E-state index contributed by atoms with van der Waals surface area (Å²) >= 11 is 0. The summed E-state index contributed by atoms with van der Waals surface area (Å²) in [4.78, 5) is 0. The Morgan fingerprint density at radius 1 is 0.542 bits per heavy atom. The molecule has 0 saturated heterocycles. The Balaban J connectivity index is 2.73. The molecule has 0 spiro atoms. The maximum Gasteiger partial charge on any atom is 0.0792 e. The van der Waals surface area contributed by atoms with Crippen molar-refractivity contribution in [1.29, 1.82) is 0 Å². The van der Waals surface area contributed by atoms with Gasteiger partial charge in [-0.05, 0) is 46.8 Å². The first-order valence-corrected chi connectivity index (χ1v) is 15.1. The number of hydrogen-bond donors (Lipinski definition) is 0. The van der Waals surface area contributed by atoms with E-state index in [4.69, 9.17) is 0 Å². The lowest BCUT2D eigenvalue weighted by Gasteiger charge is -2.38. The van der Waals surface area contributed by atoms with Crippen molar-refractivity contribution in [1.82, 2.24) is 0 Å². The summed E-state index contributed by atoms with van der Waals surface area (Å²) in [5.41, 5.74) is 2.32. The molecular weight excluding hydrogens is 320 g/mol. The lowest BCUT2D eigenvalue weighted by Crippen LogP contribution is -2.37. The van der Waals surface area contributed by atoms with Crippen LogP contribution in [0.1, 0.15) is 11.1 Å². The fraction of sp³-hybridized carbons (Fsp3) is 0.273. The first-order chi connectivity index (χ1) is 11.2. The molecule has 0 bridgehead atoms. The van der Waals surface area contributed by atoms with Gasteiger partial charge in [0.2, 0.25) is 0 Å². The van der Waals surface area contributed by atoms with Crippen LogP contribution in [0.25, 0.3) is 10.4 Å². The average Bonchev–Trinajstić information content (AvgIpc) is 2.42. The zero-order valence-corrected chi connectivity index (χ0v) is 17.3. The molecule has 118 valence electrons. The molecule has 0 unspecified atom stereocenters. The molecule has 0 nitrogen and oxygen atoms in total. The monoisotopic (exact) mass is 342 g/mol.